The van der Waals surface area contributed by atoms with Crippen LogP contribution in [-0.2, 0) is 12.7 Å². The smallest absolute Gasteiger partial charge is 0.363 e. The van der Waals surface area contributed by atoms with E-state index in [0.29, 0.717) is 38.8 Å². The first kappa shape index (κ1) is 18.1. The number of benzene rings is 1. The van der Waals surface area contributed by atoms with Crippen molar-refractivity contribution in [3.63, 3.8) is 0 Å². The topological polar surface area (TPSA) is 62.5 Å². The first-order valence-electron chi connectivity index (χ1n) is 8.07. The van der Waals surface area contributed by atoms with Crippen LogP contribution in [0.4, 0.5) is 24.5 Å². The van der Waals surface area contributed by atoms with E-state index in [1.807, 2.05) is 18.2 Å². The third-order valence-corrected chi connectivity index (χ3v) is 4.32. The summed E-state index contributed by atoms with van der Waals surface area (Å²) in [6, 6.07) is 8.36. The summed E-state index contributed by atoms with van der Waals surface area (Å²) >= 11 is 0. The number of piperazine rings is 1. The molecule has 0 N–H and O–H groups in total. The fourth-order valence-electron chi connectivity index (χ4n) is 2.98. The van der Waals surface area contributed by atoms with E-state index in [-0.39, 0.29) is 5.69 Å². The van der Waals surface area contributed by atoms with Gasteiger partial charge in [0.15, 0.2) is 0 Å². The lowest BCUT2D eigenvalue weighted by atomic mass is 10.1. The Kier molecular flexibility index (Phi) is 5.08. The Morgan fingerprint density at radius 3 is 2.42 bits per heavy atom. The zero-order chi connectivity index (χ0) is 18.7. The van der Waals surface area contributed by atoms with E-state index in [9.17, 15) is 23.3 Å². The van der Waals surface area contributed by atoms with Crippen LogP contribution >= 0.6 is 0 Å². The fourth-order valence-corrected chi connectivity index (χ4v) is 2.98. The van der Waals surface area contributed by atoms with E-state index in [4.69, 9.17) is 0 Å². The van der Waals surface area contributed by atoms with Crippen molar-refractivity contribution in [3.8, 4) is 0 Å². The molecule has 26 heavy (non-hydrogen) atoms. The van der Waals surface area contributed by atoms with Gasteiger partial charge in [-0.25, -0.2) is 0 Å². The third kappa shape index (κ3) is 4.10. The molecule has 0 saturated carbocycles. The third-order valence-electron chi connectivity index (χ3n) is 4.32. The molecule has 6 nitrogen and oxygen atoms in total. The monoisotopic (exact) mass is 366 g/mol. The lowest BCUT2D eigenvalue weighted by molar-refractivity contribution is -0.384. The van der Waals surface area contributed by atoms with Gasteiger partial charge < -0.3 is 4.90 Å². The molecular weight excluding hydrogens is 349 g/mol. The molecule has 0 aliphatic carbocycles. The van der Waals surface area contributed by atoms with E-state index in [1.165, 1.54) is 6.07 Å². The molecule has 1 aromatic heterocycles. The van der Waals surface area contributed by atoms with Crippen molar-refractivity contribution in [2.24, 2.45) is 0 Å². The molecule has 3 rings (SSSR count). The molecule has 0 spiro atoms. The molecule has 1 aromatic carbocycles. The summed E-state index contributed by atoms with van der Waals surface area (Å²) in [6.07, 6.45) is -2.89. The Labute approximate surface area is 148 Å². The van der Waals surface area contributed by atoms with Crippen LogP contribution in [-0.4, -0.2) is 41.0 Å². The summed E-state index contributed by atoms with van der Waals surface area (Å²) in [7, 11) is 0. The van der Waals surface area contributed by atoms with Crippen LogP contribution in [0.3, 0.4) is 0 Å². The first-order valence-corrected chi connectivity index (χ1v) is 8.07. The van der Waals surface area contributed by atoms with Crippen molar-refractivity contribution in [2.75, 3.05) is 31.1 Å². The molecule has 1 aliphatic rings. The highest BCUT2D eigenvalue weighted by molar-refractivity contribution is 5.65. The normalized spacial score (nSPS) is 15.9. The number of hydrogen-bond acceptors (Lipinski definition) is 5. The van der Waals surface area contributed by atoms with E-state index in [2.05, 4.69) is 9.88 Å². The number of alkyl halides is 3. The molecule has 0 amide bonds. The quantitative estimate of drug-likeness (QED) is 0.614. The Morgan fingerprint density at radius 2 is 1.85 bits per heavy atom. The number of halogens is 3. The average molecular weight is 366 g/mol. The second kappa shape index (κ2) is 7.28. The SMILES string of the molecule is O=[N+]([O-])c1cc(C(F)(F)F)ccc1N1CCN(Cc2ccccn2)CC1. The van der Waals surface area contributed by atoms with Crippen LogP contribution in [0, 0.1) is 10.1 Å². The van der Waals surface area contributed by atoms with E-state index < -0.39 is 22.4 Å². The van der Waals surface area contributed by atoms with Crippen molar-refractivity contribution >= 4 is 11.4 Å². The maximum Gasteiger partial charge on any atom is 0.416 e. The number of hydrogen-bond donors (Lipinski definition) is 0. The minimum absolute atomic E-state index is 0.223. The zero-order valence-corrected chi connectivity index (χ0v) is 13.8. The number of aromatic nitrogens is 1. The van der Waals surface area contributed by atoms with Crippen LogP contribution in [0.5, 0.6) is 0 Å². The van der Waals surface area contributed by atoms with Crippen LogP contribution in [0.1, 0.15) is 11.3 Å². The van der Waals surface area contributed by atoms with Gasteiger partial charge in [-0.15, -0.1) is 0 Å². The molecule has 2 aromatic rings. The summed E-state index contributed by atoms with van der Waals surface area (Å²) < 4.78 is 38.4. The molecule has 2 heterocycles. The number of pyridine rings is 1. The second-order valence-electron chi connectivity index (χ2n) is 6.04. The molecule has 1 saturated heterocycles. The maximum absolute atomic E-state index is 12.8. The first-order chi connectivity index (χ1) is 12.3. The number of nitro benzene ring substituents is 1. The highest BCUT2D eigenvalue weighted by Crippen LogP contribution is 2.36. The van der Waals surface area contributed by atoms with Crippen molar-refractivity contribution in [1.29, 1.82) is 0 Å². The molecular formula is C17H17F3N4O2. The predicted octanol–water partition coefficient (Wildman–Crippen LogP) is 3.33. The van der Waals surface area contributed by atoms with Crippen molar-refractivity contribution in [1.82, 2.24) is 9.88 Å². The highest BCUT2D eigenvalue weighted by Gasteiger charge is 2.34. The Morgan fingerprint density at radius 1 is 1.12 bits per heavy atom. The molecule has 0 unspecified atom stereocenters. The molecule has 1 fully saturated rings. The summed E-state index contributed by atoms with van der Waals surface area (Å²) in [5.41, 5.74) is -0.373. The number of nitro groups is 1. The number of anilines is 1. The van der Waals surface area contributed by atoms with Crippen LogP contribution < -0.4 is 4.90 Å². The van der Waals surface area contributed by atoms with Crippen molar-refractivity contribution in [2.45, 2.75) is 12.7 Å². The molecule has 0 radical (unpaired) electrons. The Bertz CT molecular complexity index is 775. The van der Waals surface area contributed by atoms with Gasteiger partial charge in [0, 0.05) is 45.0 Å². The molecule has 9 heteroatoms. The van der Waals surface area contributed by atoms with Crippen LogP contribution in [0.2, 0.25) is 0 Å². The van der Waals surface area contributed by atoms with E-state index in [0.717, 1.165) is 11.8 Å². The number of nitrogens with zero attached hydrogens (tertiary/aromatic N) is 4. The van der Waals surface area contributed by atoms with Gasteiger partial charge in [0.25, 0.3) is 5.69 Å². The molecule has 0 atom stereocenters. The van der Waals surface area contributed by atoms with Gasteiger partial charge in [-0.05, 0) is 24.3 Å². The van der Waals surface area contributed by atoms with Crippen LogP contribution in [0.25, 0.3) is 0 Å². The lowest BCUT2D eigenvalue weighted by Crippen LogP contribution is -2.46. The van der Waals surface area contributed by atoms with E-state index in [1.54, 1.807) is 11.1 Å². The molecule has 0 bridgehead atoms. The second-order valence-corrected chi connectivity index (χ2v) is 6.04. The zero-order valence-electron chi connectivity index (χ0n) is 13.8. The average Bonchev–Trinajstić information content (AvgIpc) is 2.62. The van der Waals surface area contributed by atoms with Gasteiger partial charge in [0.05, 0.1) is 16.2 Å². The van der Waals surface area contributed by atoms with E-state index >= 15 is 0 Å². The molecule has 138 valence electrons. The standard InChI is InChI=1S/C17H17F3N4O2/c18-17(19,20)13-4-5-15(16(11-13)24(25)26)23-9-7-22(8-10-23)12-14-3-1-2-6-21-14/h1-6,11H,7-10,12H2. The minimum Gasteiger partial charge on any atom is -0.363 e. The largest absolute Gasteiger partial charge is 0.416 e. The summed E-state index contributed by atoms with van der Waals surface area (Å²) in [6.45, 7) is 2.96. The summed E-state index contributed by atoms with van der Waals surface area (Å²) in [5.74, 6) is 0. The summed E-state index contributed by atoms with van der Waals surface area (Å²) in [5, 5.41) is 11.2. The maximum atomic E-state index is 12.8. The van der Waals surface area contributed by atoms with Gasteiger partial charge in [-0.3, -0.25) is 20.0 Å². The van der Waals surface area contributed by atoms with Gasteiger partial charge >= 0.3 is 6.18 Å². The highest BCUT2D eigenvalue weighted by atomic mass is 19.4. The summed E-state index contributed by atoms with van der Waals surface area (Å²) in [4.78, 5) is 18.7. The molecule has 1 aliphatic heterocycles. The lowest BCUT2D eigenvalue weighted by Gasteiger charge is -2.35. The Balaban J connectivity index is 1.72. The fraction of sp³-hybridized carbons (Fsp3) is 0.353. The van der Waals surface area contributed by atoms with Gasteiger partial charge in [-0.1, -0.05) is 6.07 Å². The minimum atomic E-state index is -4.61. The Hall–Kier alpha value is -2.68. The number of rotatable bonds is 4. The van der Waals surface area contributed by atoms with Crippen molar-refractivity contribution < 1.29 is 18.1 Å². The van der Waals surface area contributed by atoms with Crippen molar-refractivity contribution in [3.05, 3.63) is 64.0 Å². The van der Waals surface area contributed by atoms with Crippen LogP contribution in [0.15, 0.2) is 42.6 Å². The van der Waals surface area contributed by atoms with Gasteiger partial charge in [0.2, 0.25) is 0 Å². The van der Waals surface area contributed by atoms with Gasteiger partial charge in [-0.2, -0.15) is 13.2 Å². The predicted molar refractivity (Wildman–Crippen MR) is 89.8 cm³/mol. The van der Waals surface area contributed by atoms with Gasteiger partial charge in [0.1, 0.15) is 5.69 Å².